The number of thioether (sulfide) groups is 1. The van der Waals surface area contributed by atoms with Gasteiger partial charge in [-0.2, -0.15) is 0 Å². The van der Waals surface area contributed by atoms with Gasteiger partial charge in [-0.1, -0.05) is 35.5 Å². The third-order valence-electron chi connectivity index (χ3n) is 3.03. The lowest BCUT2D eigenvalue weighted by Crippen LogP contribution is -2.15. The zero-order chi connectivity index (χ0) is 17.1. The minimum Gasteiger partial charge on any atom is -0.320 e. The number of hydrogen-bond acceptors (Lipinski definition) is 6. The van der Waals surface area contributed by atoms with Gasteiger partial charge >= 0.3 is 0 Å². The van der Waals surface area contributed by atoms with Crippen molar-refractivity contribution in [2.75, 3.05) is 11.1 Å². The van der Waals surface area contributed by atoms with Crippen LogP contribution in [0.15, 0.2) is 46.8 Å². The zero-order valence-corrected chi connectivity index (χ0v) is 14.5. The Hall–Kier alpha value is -2.16. The second kappa shape index (κ2) is 7.16. The summed E-state index contributed by atoms with van der Waals surface area (Å²) in [5.74, 6) is -0.232. The molecule has 1 aromatic heterocycles. The minimum atomic E-state index is -0.581. The normalized spacial score (nSPS) is 10.7. The molecule has 0 bridgehead atoms. The van der Waals surface area contributed by atoms with Crippen molar-refractivity contribution in [2.24, 2.45) is 0 Å². The lowest BCUT2D eigenvalue weighted by molar-refractivity contribution is -0.383. The van der Waals surface area contributed by atoms with Gasteiger partial charge in [0, 0.05) is 11.1 Å². The van der Waals surface area contributed by atoms with Crippen LogP contribution in [0, 0.1) is 10.1 Å². The second-order valence-electron chi connectivity index (χ2n) is 4.70. The first kappa shape index (κ1) is 16.7. The highest BCUT2D eigenvalue weighted by Crippen LogP contribution is 2.30. The van der Waals surface area contributed by atoms with E-state index >= 15 is 0 Å². The number of nitro benzene ring substituents is 1. The Bertz CT molecular complexity index is 896. The number of nitrogens with one attached hydrogen (secondary N) is 1. The molecule has 0 saturated carbocycles. The van der Waals surface area contributed by atoms with E-state index in [9.17, 15) is 14.9 Å². The summed E-state index contributed by atoms with van der Waals surface area (Å²) in [6, 6.07) is 11.8. The monoisotopic (exact) mass is 379 g/mol. The number of nitrogens with zero attached hydrogens (tertiary/aromatic N) is 2. The number of rotatable bonds is 5. The number of anilines is 1. The van der Waals surface area contributed by atoms with Gasteiger partial charge in [0.05, 0.1) is 20.9 Å². The third-order valence-corrected chi connectivity index (χ3v) is 5.45. The molecule has 3 rings (SSSR count). The van der Waals surface area contributed by atoms with Crippen molar-refractivity contribution in [1.29, 1.82) is 0 Å². The Morgan fingerprint density at radius 3 is 2.88 bits per heavy atom. The molecule has 6 nitrogen and oxygen atoms in total. The molecule has 9 heteroatoms. The summed E-state index contributed by atoms with van der Waals surface area (Å²) in [7, 11) is 0. The van der Waals surface area contributed by atoms with Crippen LogP contribution in [0.3, 0.4) is 0 Å². The molecule has 1 heterocycles. The maximum absolute atomic E-state index is 12.1. The molecule has 24 heavy (non-hydrogen) atoms. The summed E-state index contributed by atoms with van der Waals surface area (Å²) in [6.45, 7) is 0. The predicted octanol–water partition coefficient (Wildman–Crippen LogP) is 4.59. The average molecular weight is 380 g/mol. The van der Waals surface area contributed by atoms with Gasteiger partial charge in [0.1, 0.15) is 5.69 Å². The van der Waals surface area contributed by atoms with Gasteiger partial charge in [0.25, 0.3) is 5.69 Å². The number of fused-ring (bicyclic) bond motifs is 1. The van der Waals surface area contributed by atoms with Crippen LogP contribution in [0.25, 0.3) is 10.2 Å². The van der Waals surface area contributed by atoms with E-state index < -0.39 is 4.92 Å². The Balaban J connectivity index is 1.66. The van der Waals surface area contributed by atoms with E-state index in [0.717, 1.165) is 14.6 Å². The van der Waals surface area contributed by atoms with Crippen LogP contribution < -0.4 is 5.32 Å². The van der Waals surface area contributed by atoms with E-state index in [1.165, 1.54) is 41.3 Å². The molecular formula is C15H10ClN3O3S2. The summed E-state index contributed by atoms with van der Waals surface area (Å²) in [5, 5.41) is 13.8. The smallest absolute Gasteiger partial charge is 0.294 e. The van der Waals surface area contributed by atoms with Crippen LogP contribution in [0.4, 0.5) is 11.4 Å². The number of halogens is 1. The minimum absolute atomic E-state index is 0.111. The number of amides is 1. The summed E-state index contributed by atoms with van der Waals surface area (Å²) < 4.78 is 1.82. The molecule has 0 unspecified atom stereocenters. The molecule has 3 aromatic rings. The molecule has 0 aliphatic rings. The van der Waals surface area contributed by atoms with Crippen molar-refractivity contribution >= 4 is 62.2 Å². The first-order valence-corrected chi connectivity index (χ1v) is 8.93. The predicted molar refractivity (Wildman–Crippen MR) is 97.1 cm³/mol. The molecule has 0 fully saturated rings. The van der Waals surface area contributed by atoms with Gasteiger partial charge in [-0.15, -0.1) is 11.3 Å². The van der Waals surface area contributed by atoms with Crippen LogP contribution in [-0.2, 0) is 4.79 Å². The number of hydrogen-bond donors (Lipinski definition) is 1. The van der Waals surface area contributed by atoms with E-state index in [2.05, 4.69) is 10.3 Å². The first-order chi connectivity index (χ1) is 11.5. The maximum atomic E-state index is 12.1. The van der Waals surface area contributed by atoms with Crippen molar-refractivity contribution in [3.05, 3.63) is 57.6 Å². The Labute approximate surface area is 150 Å². The van der Waals surface area contributed by atoms with E-state index in [-0.39, 0.29) is 28.1 Å². The quantitative estimate of drug-likeness (QED) is 0.398. The molecule has 0 saturated heterocycles. The topological polar surface area (TPSA) is 85.1 Å². The van der Waals surface area contributed by atoms with E-state index in [1.807, 2.05) is 24.3 Å². The van der Waals surface area contributed by atoms with E-state index in [0.29, 0.717) is 0 Å². The number of para-hydroxylation sites is 1. The number of carbonyl (C=O) groups is 1. The van der Waals surface area contributed by atoms with E-state index in [4.69, 9.17) is 11.6 Å². The molecule has 122 valence electrons. The maximum Gasteiger partial charge on any atom is 0.294 e. The van der Waals surface area contributed by atoms with Gasteiger partial charge in [-0.3, -0.25) is 14.9 Å². The second-order valence-corrected chi connectivity index (χ2v) is 7.39. The van der Waals surface area contributed by atoms with Crippen LogP contribution in [0.1, 0.15) is 0 Å². The molecule has 0 radical (unpaired) electrons. The SMILES string of the molecule is O=C(CSc1nc2ccccc2s1)Nc1ccc(Cl)cc1[N+](=O)[O-]. The molecule has 1 amide bonds. The van der Waals surface area contributed by atoms with Crippen LogP contribution >= 0.6 is 34.7 Å². The molecule has 0 aliphatic heterocycles. The molecule has 0 spiro atoms. The number of benzene rings is 2. The third kappa shape index (κ3) is 3.84. The van der Waals surface area contributed by atoms with Crippen molar-refractivity contribution in [1.82, 2.24) is 4.98 Å². The largest absolute Gasteiger partial charge is 0.320 e. The highest BCUT2D eigenvalue weighted by atomic mass is 35.5. The Kier molecular flexibility index (Phi) is 4.98. The highest BCUT2D eigenvalue weighted by Gasteiger charge is 2.17. The van der Waals surface area contributed by atoms with Crippen molar-refractivity contribution in [3.63, 3.8) is 0 Å². The average Bonchev–Trinajstić information content (AvgIpc) is 2.97. The van der Waals surface area contributed by atoms with Crippen LogP contribution in [0.2, 0.25) is 5.02 Å². The van der Waals surface area contributed by atoms with Gasteiger partial charge in [-0.05, 0) is 24.3 Å². The van der Waals surface area contributed by atoms with Crippen molar-refractivity contribution < 1.29 is 9.72 Å². The highest BCUT2D eigenvalue weighted by molar-refractivity contribution is 8.01. The van der Waals surface area contributed by atoms with E-state index in [1.54, 1.807) is 0 Å². The van der Waals surface area contributed by atoms with Gasteiger partial charge in [-0.25, -0.2) is 4.98 Å². The van der Waals surface area contributed by atoms with Gasteiger partial charge in [0.2, 0.25) is 5.91 Å². The fraction of sp³-hybridized carbons (Fsp3) is 0.0667. The number of thiazole rings is 1. The Morgan fingerprint density at radius 2 is 2.12 bits per heavy atom. The van der Waals surface area contributed by atoms with Gasteiger partial charge < -0.3 is 5.32 Å². The number of aromatic nitrogens is 1. The van der Waals surface area contributed by atoms with Crippen molar-refractivity contribution in [3.8, 4) is 0 Å². The fourth-order valence-corrected chi connectivity index (χ4v) is 4.02. The number of nitro groups is 1. The van der Waals surface area contributed by atoms with Crippen LogP contribution in [0.5, 0.6) is 0 Å². The number of carbonyl (C=O) groups excluding carboxylic acids is 1. The zero-order valence-electron chi connectivity index (χ0n) is 12.1. The summed E-state index contributed by atoms with van der Waals surface area (Å²) in [6.07, 6.45) is 0. The molecular weight excluding hydrogens is 370 g/mol. The molecule has 1 N–H and O–H groups in total. The lowest BCUT2D eigenvalue weighted by Gasteiger charge is -2.05. The van der Waals surface area contributed by atoms with Crippen molar-refractivity contribution in [2.45, 2.75) is 4.34 Å². The van der Waals surface area contributed by atoms with Gasteiger partial charge in [0.15, 0.2) is 4.34 Å². The lowest BCUT2D eigenvalue weighted by atomic mass is 10.2. The first-order valence-electron chi connectivity index (χ1n) is 6.75. The summed E-state index contributed by atoms with van der Waals surface area (Å²) >= 11 is 8.54. The summed E-state index contributed by atoms with van der Waals surface area (Å²) in [4.78, 5) is 26.9. The fourth-order valence-electron chi connectivity index (χ4n) is 1.99. The van der Waals surface area contributed by atoms with Crippen LogP contribution in [-0.4, -0.2) is 21.6 Å². The molecule has 0 atom stereocenters. The molecule has 2 aromatic carbocycles. The molecule has 0 aliphatic carbocycles. The standard InChI is InChI=1S/C15H10ClN3O3S2/c16-9-5-6-10(12(7-9)19(21)22)17-14(20)8-23-15-18-11-3-1-2-4-13(11)24-15/h1-7H,8H2,(H,17,20). The Morgan fingerprint density at radius 1 is 1.33 bits per heavy atom. The summed E-state index contributed by atoms with van der Waals surface area (Å²) in [5.41, 5.74) is 0.777.